The molecule has 0 bridgehead atoms. The number of rotatable bonds is 26. The highest BCUT2D eigenvalue weighted by molar-refractivity contribution is 5.87. The van der Waals surface area contributed by atoms with E-state index in [9.17, 15) is 19.2 Å². The minimum Gasteiger partial charge on any atom is -0.376 e. The predicted octanol–water partition coefficient (Wildman–Crippen LogP) is 16.1. The molecule has 1 unspecified atom stereocenters. The maximum absolute atomic E-state index is 12.5. The lowest BCUT2D eigenvalue weighted by atomic mass is 9.81. The van der Waals surface area contributed by atoms with Crippen LogP contribution in [0.3, 0.4) is 0 Å². The van der Waals surface area contributed by atoms with Crippen LogP contribution in [0.1, 0.15) is 261 Å². The normalized spacial score (nSPS) is 22.2. The Kier molecular flexibility index (Phi) is 40.7. The molecule has 4 saturated heterocycles. The summed E-state index contributed by atoms with van der Waals surface area (Å²) < 4.78 is 12.0. The van der Waals surface area contributed by atoms with E-state index in [0.29, 0.717) is 90.3 Å². The van der Waals surface area contributed by atoms with E-state index >= 15 is 0 Å². The third kappa shape index (κ3) is 32.8. The first-order valence-corrected chi connectivity index (χ1v) is 37.0. The first kappa shape index (κ1) is 89.6. The second-order valence-corrected chi connectivity index (χ2v) is 35.1. The molecule has 92 heavy (non-hydrogen) atoms. The Bertz CT molecular complexity index is 2110. The first-order valence-electron chi connectivity index (χ1n) is 37.0. The van der Waals surface area contributed by atoms with Crippen molar-refractivity contribution in [1.82, 2.24) is 34.7 Å². The van der Waals surface area contributed by atoms with Crippen molar-refractivity contribution >= 4 is 23.3 Å². The summed E-state index contributed by atoms with van der Waals surface area (Å²) in [6, 6.07) is 3.00. The van der Waals surface area contributed by atoms with Crippen molar-refractivity contribution in [1.29, 1.82) is 0 Å². The molecule has 4 rings (SSSR count). The smallest absolute Gasteiger partial charge is 0.222 e. The van der Waals surface area contributed by atoms with Crippen molar-refractivity contribution in [2.45, 2.75) is 333 Å². The third-order valence-electron chi connectivity index (χ3n) is 18.3. The fourth-order valence-electron chi connectivity index (χ4n) is 12.5. The number of amides is 1. The molecular weight excluding hydrogens is 1140 g/mol. The standard InChI is InChI=1S/C18H34N2O.C18H36N2.C16H31NO2.C15H29NO2.C12H25NO/c1-13(2)11-17(21)19-9-10-20(14(3)4)16(12-19)15(5)18(6,7)8;1-14(2)9-10-19-11-12-20(15(3)4)17(13-19)16(5)18(6,7)8;1-11(2)15(18)14-13(19-10-16(5,6)7)8-9-17(14)12(3)4;1-10(2)9-18-13-7-8-16(12(5)6)14(13)15(17)11(3)4;1-8(2)7-11(13-10(5)6)12(14)9(3)4/h13-14,16H,5,9-12H2,1-4,6-8H3;14-15,17H,5,9-13H2,1-4,6-8H3;11-14H,8-10H2,1-7H3;10-14H,7-9H2,1-6H3;8-11,13H,7H2,1-6H3/t16-;17-;13-,14+;13-,14?;11-/m00100/s1. The third-order valence-corrected chi connectivity index (χ3v) is 18.3. The highest BCUT2D eigenvalue weighted by Gasteiger charge is 2.44. The van der Waals surface area contributed by atoms with Crippen molar-refractivity contribution in [3.8, 4) is 0 Å². The van der Waals surface area contributed by atoms with E-state index in [-0.39, 0.29) is 70.4 Å². The van der Waals surface area contributed by atoms with Gasteiger partial charge in [-0.1, -0.05) is 197 Å². The van der Waals surface area contributed by atoms with Crippen LogP contribution in [-0.4, -0.2) is 197 Å². The zero-order valence-corrected chi connectivity index (χ0v) is 66.8. The first-order chi connectivity index (χ1) is 42.0. The molecule has 1 amide bonds. The molecule has 0 aliphatic carbocycles. The molecule has 0 saturated carbocycles. The van der Waals surface area contributed by atoms with Gasteiger partial charge in [0.25, 0.3) is 0 Å². The lowest BCUT2D eigenvalue weighted by Crippen LogP contribution is -2.58. The van der Waals surface area contributed by atoms with Gasteiger partial charge in [-0.25, -0.2) is 0 Å². The molecule has 7 atom stereocenters. The van der Waals surface area contributed by atoms with Gasteiger partial charge in [0.05, 0.1) is 36.9 Å². The van der Waals surface area contributed by atoms with Gasteiger partial charge in [0.15, 0.2) is 17.3 Å². The van der Waals surface area contributed by atoms with Crippen LogP contribution in [0.5, 0.6) is 0 Å². The fourth-order valence-corrected chi connectivity index (χ4v) is 12.5. The van der Waals surface area contributed by atoms with E-state index in [2.05, 4.69) is 230 Å². The molecule has 13 nitrogen and oxygen atoms in total. The van der Waals surface area contributed by atoms with E-state index in [1.54, 1.807) is 0 Å². The molecule has 4 aliphatic rings. The second kappa shape index (κ2) is 41.8. The number of likely N-dealkylation sites (tertiary alicyclic amines) is 2. The summed E-state index contributed by atoms with van der Waals surface area (Å²) in [5.74, 6) is 3.87. The number of Topliss-reactive ketones (excluding diaryl/α,β-unsaturated/α-hetero) is 3. The Morgan fingerprint density at radius 1 is 0.478 bits per heavy atom. The lowest BCUT2D eigenvalue weighted by molar-refractivity contribution is -0.135. The Labute approximate surface area is 571 Å². The van der Waals surface area contributed by atoms with Gasteiger partial charge in [0, 0.05) is 125 Å². The van der Waals surface area contributed by atoms with Gasteiger partial charge in [-0.2, -0.15) is 0 Å². The van der Waals surface area contributed by atoms with Crippen molar-refractivity contribution in [3.05, 3.63) is 24.3 Å². The summed E-state index contributed by atoms with van der Waals surface area (Å²) >= 11 is 0. The number of hydrogen-bond donors (Lipinski definition) is 1. The average molecular weight is 1300 g/mol. The number of carbonyl (C=O) groups is 4. The van der Waals surface area contributed by atoms with Crippen LogP contribution >= 0.6 is 0 Å². The highest BCUT2D eigenvalue weighted by atomic mass is 16.5. The van der Waals surface area contributed by atoms with Crippen LogP contribution in [0.25, 0.3) is 0 Å². The average Bonchev–Trinajstić information content (AvgIpc) is 1.10. The zero-order chi connectivity index (χ0) is 71.8. The number of hydrogen-bond acceptors (Lipinski definition) is 12. The molecule has 4 aliphatic heterocycles. The van der Waals surface area contributed by atoms with Crippen LogP contribution in [0, 0.1) is 57.7 Å². The van der Waals surface area contributed by atoms with Gasteiger partial charge in [-0.3, -0.25) is 38.8 Å². The van der Waals surface area contributed by atoms with Crippen LogP contribution in [0.4, 0.5) is 0 Å². The van der Waals surface area contributed by atoms with Crippen molar-refractivity contribution in [3.63, 3.8) is 0 Å². The number of nitrogens with zero attached hydrogens (tertiary/aromatic N) is 6. The monoisotopic (exact) mass is 1300 g/mol. The van der Waals surface area contributed by atoms with Crippen molar-refractivity contribution in [2.24, 2.45) is 57.7 Å². The lowest BCUT2D eigenvalue weighted by Gasteiger charge is -2.47. The van der Waals surface area contributed by atoms with E-state index < -0.39 is 0 Å². The van der Waals surface area contributed by atoms with Gasteiger partial charge < -0.3 is 24.6 Å². The summed E-state index contributed by atoms with van der Waals surface area (Å²) in [7, 11) is 0. The summed E-state index contributed by atoms with van der Waals surface area (Å²) in [4.78, 5) is 63.5. The van der Waals surface area contributed by atoms with E-state index in [1.165, 1.54) is 37.2 Å². The van der Waals surface area contributed by atoms with Crippen LogP contribution in [0.15, 0.2) is 24.3 Å². The maximum Gasteiger partial charge on any atom is 0.222 e. The molecule has 0 aromatic rings. The zero-order valence-electron chi connectivity index (χ0n) is 66.8. The summed E-state index contributed by atoms with van der Waals surface area (Å²) in [6.45, 7) is 90.8. The Morgan fingerprint density at radius 3 is 1.23 bits per heavy atom. The molecule has 0 aromatic heterocycles. The Morgan fingerprint density at radius 2 is 0.891 bits per heavy atom. The second-order valence-electron chi connectivity index (χ2n) is 35.1. The quantitative estimate of drug-likeness (QED) is 0.0831. The number of ketones is 3. The summed E-state index contributed by atoms with van der Waals surface area (Å²) in [5.41, 5.74) is 3.04. The minimum atomic E-state index is -0.0534. The maximum atomic E-state index is 12.5. The van der Waals surface area contributed by atoms with Gasteiger partial charge >= 0.3 is 0 Å². The SMILES string of the molecule is C=C([C@@H]1CN(C(=O)CC(C)C)CCN1C(C)C)C(C)(C)C.C=C([C@@H]1CN(CCC(C)C)CCN1C(C)C)C(C)(C)C.CC(C)C(=O)[C@@H]1[C@H](OCC(C)(C)C)CCN1C(C)C.CC(C)CO[C@H]1CCN(C(C)C)C1C(=O)C(C)C.CC(C)C[C@H](NC(C)C)C(=O)C(C)C. The minimum absolute atomic E-state index is 0.0370. The van der Waals surface area contributed by atoms with Crippen LogP contribution < -0.4 is 5.32 Å². The molecule has 0 spiro atoms. The molecule has 4 fully saturated rings. The Hall–Kier alpha value is -2.36. The summed E-state index contributed by atoms with van der Waals surface area (Å²) in [5, 5.41) is 3.34. The molecule has 4 heterocycles. The number of ether oxygens (including phenoxy) is 2. The highest BCUT2D eigenvalue weighted by Crippen LogP contribution is 2.35. The molecular formula is C79H155N7O6. The molecule has 542 valence electrons. The van der Waals surface area contributed by atoms with Crippen LogP contribution in [-0.2, 0) is 28.7 Å². The van der Waals surface area contributed by atoms with Crippen molar-refractivity contribution in [2.75, 3.05) is 72.1 Å². The van der Waals surface area contributed by atoms with E-state index in [4.69, 9.17) is 9.47 Å². The largest absolute Gasteiger partial charge is 0.376 e. The number of nitrogens with one attached hydrogen (secondary N) is 1. The predicted molar refractivity (Wildman–Crippen MR) is 396 cm³/mol. The van der Waals surface area contributed by atoms with Gasteiger partial charge in [-0.15, -0.1) is 0 Å². The van der Waals surface area contributed by atoms with Crippen molar-refractivity contribution < 1.29 is 28.7 Å². The molecule has 0 radical (unpaired) electrons. The Balaban J connectivity index is 0.00000113. The fraction of sp³-hybridized carbons (Fsp3) is 0.899. The van der Waals surface area contributed by atoms with Crippen LogP contribution in [0.2, 0.25) is 0 Å². The molecule has 13 heteroatoms. The topological polar surface area (TPSA) is 118 Å². The van der Waals surface area contributed by atoms with Gasteiger partial charge in [0.1, 0.15) is 0 Å². The van der Waals surface area contributed by atoms with Gasteiger partial charge in [0.2, 0.25) is 5.91 Å². The van der Waals surface area contributed by atoms with E-state index in [0.717, 1.165) is 71.1 Å². The molecule has 0 aromatic carbocycles. The molecule has 1 N–H and O–H groups in total. The number of carbonyl (C=O) groups excluding carboxylic acids is 4. The summed E-state index contributed by atoms with van der Waals surface area (Å²) in [6.07, 6.45) is 4.99. The van der Waals surface area contributed by atoms with Gasteiger partial charge in [-0.05, 0) is 128 Å². The number of piperazine rings is 2. The van der Waals surface area contributed by atoms with E-state index in [1.807, 2.05) is 46.4 Å².